The van der Waals surface area contributed by atoms with Gasteiger partial charge in [-0.1, -0.05) is 23.2 Å². The summed E-state index contributed by atoms with van der Waals surface area (Å²) in [7, 11) is 0. The molecule has 2 aliphatic rings. The summed E-state index contributed by atoms with van der Waals surface area (Å²) in [5, 5.41) is 3.88. The standard InChI is InChI=1S/C24H28Cl2N4O3/c1-15-13-29(5-6-30(15)24(32)22-4-3-7-33-22)14-18-9-19(25)10-21(16(18)2)28-23(31)17-8-20(26)12-27-11-17/h8-12,15,22H,3-7,13-14H2,1-2H3,(H,28,31). The molecule has 0 bridgehead atoms. The fourth-order valence-corrected chi connectivity index (χ4v) is 4.88. The topological polar surface area (TPSA) is 74.8 Å². The lowest BCUT2D eigenvalue weighted by molar-refractivity contribution is -0.145. The second kappa shape index (κ2) is 10.4. The van der Waals surface area contributed by atoms with E-state index in [1.54, 1.807) is 12.1 Å². The van der Waals surface area contributed by atoms with Crippen LogP contribution in [0.4, 0.5) is 5.69 Å². The molecule has 2 amide bonds. The molecule has 176 valence electrons. The average molecular weight is 491 g/mol. The van der Waals surface area contributed by atoms with Crippen molar-refractivity contribution < 1.29 is 14.3 Å². The van der Waals surface area contributed by atoms with E-state index in [1.165, 1.54) is 12.4 Å². The van der Waals surface area contributed by atoms with Crippen LogP contribution < -0.4 is 5.32 Å². The van der Waals surface area contributed by atoms with Gasteiger partial charge in [0.2, 0.25) is 0 Å². The predicted molar refractivity (Wildman–Crippen MR) is 129 cm³/mol. The molecule has 1 aromatic heterocycles. The fraction of sp³-hybridized carbons (Fsp3) is 0.458. The third-order valence-electron chi connectivity index (χ3n) is 6.29. The van der Waals surface area contributed by atoms with Crippen molar-refractivity contribution in [3.8, 4) is 0 Å². The first-order valence-electron chi connectivity index (χ1n) is 11.2. The van der Waals surface area contributed by atoms with Crippen LogP contribution in [0.5, 0.6) is 0 Å². The number of nitrogens with zero attached hydrogens (tertiary/aromatic N) is 3. The van der Waals surface area contributed by atoms with E-state index >= 15 is 0 Å². The normalized spacial score (nSPS) is 21.3. The number of amides is 2. The van der Waals surface area contributed by atoms with Crippen molar-refractivity contribution in [1.82, 2.24) is 14.8 Å². The molecule has 1 N–H and O–H groups in total. The Labute approximate surface area is 204 Å². The second-order valence-electron chi connectivity index (χ2n) is 8.70. The van der Waals surface area contributed by atoms with Gasteiger partial charge in [-0.25, -0.2) is 0 Å². The van der Waals surface area contributed by atoms with Crippen molar-refractivity contribution in [2.24, 2.45) is 0 Å². The number of pyridine rings is 1. The van der Waals surface area contributed by atoms with E-state index in [1.807, 2.05) is 17.9 Å². The minimum atomic E-state index is -0.295. The molecule has 2 fully saturated rings. The number of piperazine rings is 1. The maximum absolute atomic E-state index is 12.8. The number of hydrogen-bond donors (Lipinski definition) is 1. The molecule has 2 unspecified atom stereocenters. The van der Waals surface area contributed by atoms with Gasteiger partial charge in [-0.2, -0.15) is 0 Å². The van der Waals surface area contributed by atoms with Crippen LogP contribution in [0.15, 0.2) is 30.6 Å². The second-order valence-corrected chi connectivity index (χ2v) is 9.57. The summed E-state index contributed by atoms with van der Waals surface area (Å²) < 4.78 is 5.59. The smallest absolute Gasteiger partial charge is 0.257 e. The first kappa shape index (κ1) is 24.0. The summed E-state index contributed by atoms with van der Waals surface area (Å²) in [4.78, 5) is 33.7. The molecular weight excluding hydrogens is 463 g/mol. The average Bonchev–Trinajstić information content (AvgIpc) is 3.31. The summed E-state index contributed by atoms with van der Waals surface area (Å²) in [5.74, 6) is -0.185. The lowest BCUT2D eigenvalue weighted by atomic mass is 10.0. The number of benzene rings is 1. The highest BCUT2D eigenvalue weighted by Crippen LogP contribution is 2.28. The van der Waals surface area contributed by atoms with Crippen molar-refractivity contribution in [3.05, 3.63) is 57.3 Å². The SMILES string of the molecule is Cc1c(CN2CCN(C(=O)C3CCCO3)C(C)C2)cc(Cl)cc1NC(=O)c1cncc(Cl)c1. The molecule has 0 aliphatic carbocycles. The summed E-state index contributed by atoms with van der Waals surface area (Å²) in [6.07, 6.45) is 4.44. The van der Waals surface area contributed by atoms with E-state index in [2.05, 4.69) is 22.1 Å². The van der Waals surface area contributed by atoms with Crippen molar-refractivity contribution in [1.29, 1.82) is 0 Å². The van der Waals surface area contributed by atoms with Gasteiger partial charge in [0, 0.05) is 61.9 Å². The Hall–Kier alpha value is -2.19. The first-order chi connectivity index (χ1) is 15.8. The lowest BCUT2D eigenvalue weighted by Crippen LogP contribution is -2.55. The zero-order valence-electron chi connectivity index (χ0n) is 18.8. The van der Waals surface area contributed by atoms with Crippen LogP contribution in [0, 0.1) is 6.92 Å². The van der Waals surface area contributed by atoms with E-state index in [-0.39, 0.29) is 24.0 Å². The molecule has 3 heterocycles. The zero-order chi connectivity index (χ0) is 23.5. The molecule has 9 heteroatoms. The number of aromatic nitrogens is 1. The minimum Gasteiger partial charge on any atom is -0.368 e. The Morgan fingerprint density at radius 2 is 2.00 bits per heavy atom. The zero-order valence-corrected chi connectivity index (χ0v) is 20.3. The Morgan fingerprint density at radius 1 is 1.18 bits per heavy atom. The number of ether oxygens (including phenoxy) is 1. The third kappa shape index (κ3) is 5.66. The Kier molecular flexibility index (Phi) is 7.54. The molecule has 33 heavy (non-hydrogen) atoms. The Morgan fingerprint density at radius 3 is 2.70 bits per heavy atom. The molecule has 0 spiro atoms. The molecule has 2 aliphatic heterocycles. The highest BCUT2D eigenvalue weighted by Gasteiger charge is 2.34. The summed E-state index contributed by atoms with van der Waals surface area (Å²) in [6, 6.07) is 5.35. The van der Waals surface area contributed by atoms with E-state index in [0.717, 1.165) is 37.1 Å². The molecule has 2 aromatic rings. The minimum absolute atomic E-state index is 0.101. The fourth-order valence-electron chi connectivity index (χ4n) is 4.46. The van der Waals surface area contributed by atoms with Crippen LogP contribution in [0.1, 0.15) is 41.3 Å². The molecule has 0 saturated carbocycles. The van der Waals surface area contributed by atoms with Gasteiger partial charge in [0.15, 0.2) is 0 Å². The lowest BCUT2D eigenvalue weighted by Gasteiger charge is -2.41. The Bertz CT molecular complexity index is 1040. The van der Waals surface area contributed by atoms with Gasteiger partial charge in [-0.3, -0.25) is 19.5 Å². The summed E-state index contributed by atoms with van der Waals surface area (Å²) in [6.45, 7) is 7.61. The number of halogens is 2. The number of rotatable bonds is 5. The summed E-state index contributed by atoms with van der Waals surface area (Å²) >= 11 is 12.4. The number of hydrogen-bond acceptors (Lipinski definition) is 5. The maximum atomic E-state index is 12.8. The van der Waals surface area contributed by atoms with Gasteiger partial charge in [0.05, 0.1) is 10.6 Å². The Balaban J connectivity index is 1.43. The largest absolute Gasteiger partial charge is 0.368 e. The van der Waals surface area contributed by atoms with Crippen molar-refractivity contribution in [3.63, 3.8) is 0 Å². The van der Waals surface area contributed by atoms with Crippen LogP contribution >= 0.6 is 23.2 Å². The molecular formula is C24H28Cl2N4O3. The van der Waals surface area contributed by atoms with Crippen molar-refractivity contribution in [2.45, 2.75) is 45.4 Å². The van der Waals surface area contributed by atoms with Gasteiger partial charge in [0.25, 0.3) is 11.8 Å². The number of anilines is 1. The van der Waals surface area contributed by atoms with Crippen LogP contribution in [-0.4, -0.2) is 65.0 Å². The highest BCUT2D eigenvalue weighted by molar-refractivity contribution is 6.31. The van der Waals surface area contributed by atoms with Crippen LogP contribution in [0.2, 0.25) is 10.0 Å². The molecule has 2 atom stereocenters. The van der Waals surface area contributed by atoms with Gasteiger partial charge < -0.3 is 15.0 Å². The van der Waals surface area contributed by atoms with E-state index in [9.17, 15) is 9.59 Å². The third-order valence-corrected chi connectivity index (χ3v) is 6.71. The number of carbonyl (C=O) groups excluding carboxylic acids is 2. The molecule has 1 aromatic carbocycles. The van der Waals surface area contributed by atoms with Crippen LogP contribution in [-0.2, 0) is 16.1 Å². The van der Waals surface area contributed by atoms with E-state index < -0.39 is 0 Å². The van der Waals surface area contributed by atoms with Crippen molar-refractivity contribution in [2.75, 3.05) is 31.6 Å². The van der Waals surface area contributed by atoms with Crippen LogP contribution in [0.25, 0.3) is 0 Å². The molecule has 2 saturated heterocycles. The first-order valence-corrected chi connectivity index (χ1v) is 11.9. The number of nitrogens with one attached hydrogen (secondary N) is 1. The van der Waals surface area contributed by atoms with Gasteiger partial charge in [-0.05, 0) is 56.0 Å². The maximum Gasteiger partial charge on any atom is 0.257 e. The van der Waals surface area contributed by atoms with Crippen molar-refractivity contribution >= 4 is 40.7 Å². The monoisotopic (exact) mass is 490 g/mol. The molecule has 4 rings (SSSR count). The van der Waals surface area contributed by atoms with E-state index in [4.69, 9.17) is 27.9 Å². The molecule has 0 radical (unpaired) electrons. The highest BCUT2D eigenvalue weighted by atomic mass is 35.5. The predicted octanol–water partition coefficient (Wildman–Crippen LogP) is 4.16. The van der Waals surface area contributed by atoms with Crippen LogP contribution in [0.3, 0.4) is 0 Å². The summed E-state index contributed by atoms with van der Waals surface area (Å²) in [5.41, 5.74) is 3.02. The van der Waals surface area contributed by atoms with E-state index in [0.29, 0.717) is 41.0 Å². The quantitative estimate of drug-likeness (QED) is 0.680. The molecule has 7 nitrogen and oxygen atoms in total. The van der Waals surface area contributed by atoms with Gasteiger partial charge in [-0.15, -0.1) is 0 Å². The van der Waals surface area contributed by atoms with Gasteiger partial charge >= 0.3 is 0 Å². The van der Waals surface area contributed by atoms with Gasteiger partial charge in [0.1, 0.15) is 6.10 Å². The number of carbonyl (C=O) groups is 2.